The summed E-state index contributed by atoms with van der Waals surface area (Å²) < 4.78 is 0. The summed E-state index contributed by atoms with van der Waals surface area (Å²) in [6, 6.07) is 11.4. The predicted molar refractivity (Wildman–Crippen MR) is 85.8 cm³/mol. The fraction of sp³-hybridized carbons (Fsp3) is 0.294. The molecule has 0 amide bonds. The molecule has 0 saturated heterocycles. The number of anilines is 1. The Hall–Kier alpha value is -2.36. The molecule has 110 valence electrons. The molecule has 1 unspecified atom stereocenters. The van der Waals surface area contributed by atoms with Gasteiger partial charge in [0.25, 0.3) is 5.69 Å². The summed E-state index contributed by atoms with van der Waals surface area (Å²) in [4.78, 5) is 10.8. The summed E-state index contributed by atoms with van der Waals surface area (Å²) in [6.45, 7) is 8.06. The van der Waals surface area contributed by atoms with Gasteiger partial charge in [0.05, 0.1) is 4.92 Å². The van der Waals surface area contributed by atoms with Gasteiger partial charge in [-0.15, -0.1) is 0 Å². The number of rotatable bonds is 4. The maximum Gasteiger partial charge on any atom is 0.292 e. The Bertz CT molecular complexity index is 680. The van der Waals surface area contributed by atoms with Gasteiger partial charge < -0.3 is 5.32 Å². The largest absolute Gasteiger partial charge is 0.373 e. The molecule has 0 aliphatic rings. The lowest BCUT2D eigenvalue weighted by atomic mass is 10.00. The van der Waals surface area contributed by atoms with E-state index >= 15 is 0 Å². The van der Waals surface area contributed by atoms with Gasteiger partial charge in [0.1, 0.15) is 5.69 Å². The van der Waals surface area contributed by atoms with E-state index in [9.17, 15) is 10.1 Å². The summed E-state index contributed by atoms with van der Waals surface area (Å²) in [5, 5.41) is 14.4. The summed E-state index contributed by atoms with van der Waals surface area (Å²) in [6.07, 6.45) is 0. The molecule has 0 aliphatic carbocycles. The average molecular weight is 284 g/mol. The van der Waals surface area contributed by atoms with Crippen molar-refractivity contribution in [3.05, 3.63) is 68.8 Å². The Kier molecular flexibility index (Phi) is 4.26. The second kappa shape index (κ2) is 5.95. The zero-order chi connectivity index (χ0) is 15.6. The molecule has 4 heteroatoms. The highest BCUT2D eigenvalue weighted by molar-refractivity contribution is 5.63. The molecule has 0 heterocycles. The second-order valence-corrected chi connectivity index (χ2v) is 5.50. The first-order chi connectivity index (χ1) is 9.88. The zero-order valence-corrected chi connectivity index (χ0v) is 12.8. The Morgan fingerprint density at radius 1 is 1.05 bits per heavy atom. The lowest BCUT2D eigenvalue weighted by Crippen LogP contribution is -2.10. The molecule has 2 rings (SSSR count). The van der Waals surface area contributed by atoms with Gasteiger partial charge in [-0.1, -0.05) is 29.8 Å². The molecular formula is C17H20N2O2. The summed E-state index contributed by atoms with van der Waals surface area (Å²) in [5.74, 6) is 0. The van der Waals surface area contributed by atoms with Crippen LogP contribution < -0.4 is 5.32 Å². The minimum atomic E-state index is -0.351. The van der Waals surface area contributed by atoms with Crippen molar-refractivity contribution in [3.63, 3.8) is 0 Å². The van der Waals surface area contributed by atoms with Gasteiger partial charge in [0.2, 0.25) is 0 Å². The van der Waals surface area contributed by atoms with Crippen LogP contribution in [0.1, 0.15) is 35.2 Å². The molecule has 0 aromatic heterocycles. The van der Waals surface area contributed by atoms with Gasteiger partial charge in [-0.3, -0.25) is 10.1 Å². The summed E-state index contributed by atoms with van der Waals surface area (Å²) in [7, 11) is 0. The monoisotopic (exact) mass is 284 g/mol. The van der Waals surface area contributed by atoms with Crippen LogP contribution in [-0.2, 0) is 0 Å². The highest BCUT2D eigenvalue weighted by atomic mass is 16.6. The van der Waals surface area contributed by atoms with Crippen LogP contribution in [0.3, 0.4) is 0 Å². The standard InChI is InChI=1S/C17H20N2O2/c1-11-5-7-15(13(3)9-11)14(4)18-16-10-12(2)6-8-17(16)19(20)21/h5-10,14,18H,1-4H3. The molecule has 2 aromatic rings. The molecular weight excluding hydrogens is 264 g/mol. The van der Waals surface area contributed by atoms with Gasteiger partial charge in [0.15, 0.2) is 0 Å². The number of nitrogens with zero attached hydrogens (tertiary/aromatic N) is 1. The number of hydrogen-bond donors (Lipinski definition) is 1. The molecule has 0 bridgehead atoms. The maximum absolute atomic E-state index is 11.1. The molecule has 0 radical (unpaired) electrons. The topological polar surface area (TPSA) is 55.2 Å². The maximum atomic E-state index is 11.1. The van der Waals surface area contributed by atoms with Gasteiger partial charge in [0, 0.05) is 12.1 Å². The van der Waals surface area contributed by atoms with E-state index in [1.807, 2.05) is 19.9 Å². The summed E-state index contributed by atoms with van der Waals surface area (Å²) >= 11 is 0. The molecule has 1 atom stereocenters. The van der Waals surface area contributed by atoms with E-state index in [0.29, 0.717) is 5.69 Å². The third-order valence-electron chi connectivity index (χ3n) is 3.61. The smallest absolute Gasteiger partial charge is 0.292 e. The van der Waals surface area contributed by atoms with Crippen molar-refractivity contribution < 1.29 is 4.92 Å². The van der Waals surface area contributed by atoms with E-state index in [1.54, 1.807) is 12.1 Å². The SMILES string of the molecule is Cc1ccc(C(C)Nc2cc(C)ccc2[N+](=O)[O-])c(C)c1. The van der Waals surface area contributed by atoms with Crippen molar-refractivity contribution in [1.82, 2.24) is 0 Å². The fourth-order valence-electron chi connectivity index (χ4n) is 2.55. The van der Waals surface area contributed by atoms with Crippen LogP contribution in [-0.4, -0.2) is 4.92 Å². The highest BCUT2D eigenvalue weighted by Gasteiger charge is 2.16. The Balaban J connectivity index is 2.33. The zero-order valence-electron chi connectivity index (χ0n) is 12.8. The van der Waals surface area contributed by atoms with Crippen LogP contribution in [0.25, 0.3) is 0 Å². The number of aryl methyl sites for hydroxylation is 3. The third-order valence-corrected chi connectivity index (χ3v) is 3.61. The van der Waals surface area contributed by atoms with Gasteiger partial charge >= 0.3 is 0 Å². The van der Waals surface area contributed by atoms with Crippen LogP contribution in [0, 0.1) is 30.9 Å². The highest BCUT2D eigenvalue weighted by Crippen LogP contribution is 2.30. The lowest BCUT2D eigenvalue weighted by Gasteiger charge is -2.18. The van der Waals surface area contributed by atoms with E-state index < -0.39 is 0 Å². The van der Waals surface area contributed by atoms with Crippen molar-refractivity contribution in [2.24, 2.45) is 0 Å². The van der Waals surface area contributed by atoms with Crippen molar-refractivity contribution in [3.8, 4) is 0 Å². The predicted octanol–water partition coefficient (Wildman–Crippen LogP) is 4.69. The van der Waals surface area contributed by atoms with E-state index in [1.165, 1.54) is 11.1 Å². The van der Waals surface area contributed by atoms with Crippen LogP contribution in [0.5, 0.6) is 0 Å². The quantitative estimate of drug-likeness (QED) is 0.654. The fourth-order valence-corrected chi connectivity index (χ4v) is 2.55. The van der Waals surface area contributed by atoms with E-state index in [0.717, 1.165) is 11.1 Å². The number of nitro benzene ring substituents is 1. The van der Waals surface area contributed by atoms with Crippen LogP contribution >= 0.6 is 0 Å². The molecule has 0 aliphatic heterocycles. The Morgan fingerprint density at radius 3 is 2.29 bits per heavy atom. The minimum Gasteiger partial charge on any atom is -0.373 e. The molecule has 2 aromatic carbocycles. The molecule has 0 fully saturated rings. The van der Waals surface area contributed by atoms with Crippen LogP contribution in [0.4, 0.5) is 11.4 Å². The van der Waals surface area contributed by atoms with Crippen LogP contribution in [0.15, 0.2) is 36.4 Å². The Morgan fingerprint density at radius 2 is 1.67 bits per heavy atom. The number of hydrogen-bond acceptors (Lipinski definition) is 3. The first-order valence-electron chi connectivity index (χ1n) is 6.97. The molecule has 21 heavy (non-hydrogen) atoms. The lowest BCUT2D eigenvalue weighted by molar-refractivity contribution is -0.384. The van der Waals surface area contributed by atoms with Crippen molar-refractivity contribution in [1.29, 1.82) is 0 Å². The van der Waals surface area contributed by atoms with E-state index in [-0.39, 0.29) is 16.7 Å². The second-order valence-electron chi connectivity index (χ2n) is 5.50. The first kappa shape index (κ1) is 15.0. The first-order valence-corrected chi connectivity index (χ1v) is 6.97. The molecule has 4 nitrogen and oxygen atoms in total. The minimum absolute atomic E-state index is 0.00565. The molecule has 0 saturated carbocycles. The van der Waals surface area contributed by atoms with Crippen molar-refractivity contribution in [2.75, 3.05) is 5.32 Å². The number of benzene rings is 2. The molecule has 1 N–H and O–H groups in total. The van der Waals surface area contributed by atoms with E-state index in [2.05, 4.69) is 37.4 Å². The van der Waals surface area contributed by atoms with Crippen molar-refractivity contribution in [2.45, 2.75) is 33.7 Å². The normalized spacial score (nSPS) is 12.0. The van der Waals surface area contributed by atoms with Crippen LogP contribution in [0.2, 0.25) is 0 Å². The average Bonchev–Trinajstić information content (AvgIpc) is 2.37. The Labute approximate surface area is 125 Å². The van der Waals surface area contributed by atoms with Gasteiger partial charge in [-0.25, -0.2) is 0 Å². The summed E-state index contributed by atoms with van der Waals surface area (Å²) in [5.41, 5.74) is 5.22. The van der Waals surface area contributed by atoms with Crippen molar-refractivity contribution >= 4 is 11.4 Å². The van der Waals surface area contributed by atoms with Gasteiger partial charge in [-0.2, -0.15) is 0 Å². The number of nitrogens with one attached hydrogen (secondary N) is 1. The number of nitro groups is 1. The van der Waals surface area contributed by atoms with Gasteiger partial charge in [-0.05, 0) is 50.5 Å². The third kappa shape index (κ3) is 3.40. The van der Waals surface area contributed by atoms with E-state index in [4.69, 9.17) is 0 Å². The molecule has 0 spiro atoms.